The normalized spacial score (nSPS) is 18.0. The molecule has 1 fully saturated rings. The molecule has 0 aliphatic carbocycles. The van der Waals surface area contributed by atoms with Crippen molar-refractivity contribution in [2.75, 3.05) is 26.8 Å². The lowest BCUT2D eigenvalue weighted by Crippen LogP contribution is -2.47. The second-order valence-electron chi connectivity index (χ2n) is 5.40. The standard InChI is InChI=1S/C16H24N2O2/c1-20-12-9-15(17)16(19)18-10-7-14(8-11-18)13-5-3-2-4-6-13/h2-6,14-15H,7-12,17H2,1H3. The van der Waals surface area contributed by atoms with Crippen LogP contribution in [0.15, 0.2) is 30.3 Å². The van der Waals surface area contributed by atoms with Gasteiger partial charge < -0.3 is 15.4 Å². The van der Waals surface area contributed by atoms with E-state index in [4.69, 9.17) is 10.5 Å². The van der Waals surface area contributed by atoms with Gasteiger partial charge in [-0.25, -0.2) is 0 Å². The van der Waals surface area contributed by atoms with E-state index in [9.17, 15) is 4.79 Å². The summed E-state index contributed by atoms with van der Waals surface area (Å²) in [5.74, 6) is 0.629. The van der Waals surface area contributed by atoms with E-state index in [2.05, 4.69) is 24.3 Å². The third-order valence-electron chi connectivity index (χ3n) is 4.03. The largest absolute Gasteiger partial charge is 0.385 e. The highest BCUT2D eigenvalue weighted by Gasteiger charge is 2.26. The molecule has 2 N–H and O–H groups in total. The molecule has 2 rings (SSSR count). The van der Waals surface area contributed by atoms with Gasteiger partial charge in [0.25, 0.3) is 0 Å². The Hall–Kier alpha value is -1.39. The van der Waals surface area contributed by atoms with Crippen molar-refractivity contribution in [1.82, 2.24) is 4.90 Å². The van der Waals surface area contributed by atoms with Crippen molar-refractivity contribution in [1.29, 1.82) is 0 Å². The molecule has 1 saturated heterocycles. The van der Waals surface area contributed by atoms with Crippen LogP contribution in [0.2, 0.25) is 0 Å². The van der Waals surface area contributed by atoms with Gasteiger partial charge in [-0.15, -0.1) is 0 Å². The molecule has 1 aromatic rings. The Kier molecular flexibility index (Phi) is 5.56. The molecule has 0 bridgehead atoms. The van der Waals surface area contributed by atoms with Crippen LogP contribution in [0.1, 0.15) is 30.7 Å². The number of benzene rings is 1. The van der Waals surface area contributed by atoms with E-state index in [0.717, 1.165) is 25.9 Å². The summed E-state index contributed by atoms with van der Waals surface area (Å²) in [5.41, 5.74) is 7.29. The number of likely N-dealkylation sites (tertiary alicyclic amines) is 1. The lowest BCUT2D eigenvalue weighted by molar-refractivity contribution is -0.134. The highest BCUT2D eigenvalue weighted by Crippen LogP contribution is 2.27. The molecule has 1 aromatic carbocycles. The van der Waals surface area contributed by atoms with E-state index in [1.54, 1.807) is 7.11 Å². The lowest BCUT2D eigenvalue weighted by atomic mass is 9.89. The Balaban J connectivity index is 1.83. The third kappa shape index (κ3) is 3.81. The topological polar surface area (TPSA) is 55.6 Å². The SMILES string of the molecule is COCCC(N)C(=O)N1CCC(c2ccccc2)CC1. The van der Waals surface area contributed by atoms with Gasteiger partial charge in [0, 0.05) is 26.8 Å². The number of amides is 1. The van der Waals surface area contributed by atoms with Crippen molar-refractivity contribution in [2.24, 2.45) is 5.73 Å². The van der Waals surface area contributed by atoms with Crippen molar-refractivity contribution in [3.63, 3.8) is 0 Å². The fourth-order valence-electron chi connectivity index (χ4n) is 2.76. The van der Waals surface area contributed by atoms with Crippen molar-refractivity contribution in [3.05, 3.63) is 35.9 Å². The average molecular weight is 276 g/mol. The lowest BCUT2D eigenvalue weighted by Gasteiger charge is -2.33. The minimum absolute atomic E-state index is 0.0635. The Bertz CT molecular complexity index is 414. The summed E-state index contributed by atoms with van der Waals surface area (Å²) in [6.07, 6.45) is 2.63. The Labute approximate surface area is 120 Å². The number of ether oxygens (including phenoxy) is 1. The quantitative estimate of drug-likeness (QED) is 0.891. The fraction of sp³-hybridized carbons (Fsp3) is 0.562. The molecule has 1 heterocycles. The van der Waals surface area contributed by atoms with Gasteiger partial charge in [0.05, 0.1) is 6.04 Å². The van der Waals surface area contributed by atoms with Gasteiger partial charge in [-0.3, -0.25) is 4.79 Å². The third-order valence-corrected chi connectivity index (χ3v) is 4.03. The van der Waals surface area contributed by atoms with Gasteiger partial charge in [0.15, 0.2) is 0 Å². The molecule has 0 radical (unpaired) electrons. The second kappa shape index (κ2) is 7.41. The summed E-state index contributed by atoms with van der Waals surface area (Å²) in [6.45, 7) is 2.14. The van der Waals surface area contributed by atoms with Crippen molar-refractivity contribution in [3.8, 4) is 0 Å². The summed E-state index contributed by atoms with van der Waals surface area (Å²) < 4.78 is 4.97. The molecule has 1 amide bonds. The molecule has 0 saturated carbocycles. The van der Waals surface area contributed by atoms with Gasteiger partial charge in [-0.1, -0.05) is 30.3 Å². The first-order valence-electron chi connectivity index (χ1n) is 7.30. The zero-order valence-corrected chi connectivity index (χ0v) is 12.1. The van der Waals surface area contributed by atoms with Crippen LogP contribution in [0.3, 0.4) is 0 Å². The van der Waals surface area contributed by atoms with Crippen LogP contribution >= 0.6 is 0 Å². The molecule has 0 spiro atoms. The minimum Gasteiger partial charge on any atom is -0.385 e. The highest BCUT2D eigenvalue weighted by molar-refractivity contribution is 5.81. The fourth-order valence-corrected chi connectivity index (χ4v) is 2.76. The molecular weight excluding hydrogens is 252 g/mol. The molecule has 4 heteroatoms. The first-order valence-corrected chi connectivity index (χ1v) is 7.30. The number of nitrogens with zero attached hydrogens (tertiary/aromatic N) is 1. The zero-order chi connectivity index (χ0) is 14.4. The van der Waals surface area contributed by atoms with Crippen LogP contribution in [0.5, 0.6) is 0 Å². The number of piperidine rings is 1. The van der Waals surface area contributed by atoms with E-state index in [0.29, 0.717) is 18.9 Å². The first kappa shape index (κ1) is 15.0. The number of methoxy groups -OCH3 is 1. The molecule has 4 nitrogen and oxygen atoms in total. The smallest absolute Gasteiger partial charge is 0.239 e. The van der Waals surface area contributed by atoms with Crippen LogP contribution in [-0.2, 0) is 9.53 Å². The van der Waals surface area contributed by atoms with Crippen LogP contribution in [-0.4, -0.2) is 43.7 Å². The molecule has 1 aliphatic rings. The maximum atomic E-state index is 12.2. The van der Waals surface area contributed by atoms with Gasteiger partial charge in [-0.2, -0.15) is 0 Å². The number of carbonyl (C=O) groups excluding carboxylic acids is 1. The van der Waals surface area contributed by atoms with Crippen LogP contribution in [0, 0.1) is 0 Å². The highest BCUT2D eigenvalue weighted by atomic mass is 16.5. The van der Waals surface area contributed by atoms with Crippen molar-refractivity contribution in [2.45, 2.75) is 31.2 Å². The van der Waals surface area contributed by atoms with E-state index in [1.165, 1.54) is 5.56 Å². The van der Waals surface area contributed by atoms with Crippen LogP contribution < -0.4 is 5.73 Å². The first-order chi connectivity index (χ1) is 9.72. The van der Waals surface area contributed by atoms with E-state index < -0.39 is 6.04 Å². The number of carbonyl (C=O) groups is 1. The number of rotatable bonds is 5. The predicted molar refractivity (Wildman–Crippen MR) is 79.5 cm³/mol. The summed E-state index contributed by atoms with van der Waals surface area (Å²) in [5, 5.41) is 0. The Morgan fingerprint density at radius 1 is 1.35 bits per heavy atom. The molecule has 0 aromatic heterocycles. The van der Waals surface area contributed by atoms with Gasteiger partial charge >= 0.3 is 0 Å². The van der Waals surface area contributed by atoms with Crippen molar-refractivity contribution >= 4 is 5.91 Å². The maximum absolute atomic E-state index is 12.2. The Morgan fingerprint density at radius 3 is 2.60 bits per heavy atom. The molecule has 20 heavy (non-hydrogen) atoms. The number of hydrogen-bond donors (Lipinski definition) is 1. The molecule has 1 atom stereocenters. The van der Waals surface area contributed by atoms with Gasteiger partial charge in [0.2, 0.25) is 5.91 Å². The van der Waals surface area contributed by atoms with E-state index >= 15 is 0 Å². The average Bonchev–Trinajstić information content (AvgIpc) is 2.53. The summed E-state index contributed by atoms with van der Waals surface area (Å²) in [4.78, 5) is 14.1. The second-order valence-corrected chi connectivity index (χ2v) is 5.40. The number of nitrogens with two attached hydrogens (primary N) is 1. The van der Waals surface area contributed by atoms with Crippen molar-refractivity contribution < 1.29 is 9.53 Å². The minimum atomic E-state index is -0.428. The summed E-state index contributed by atoms with van der Waals surface area (Å²) in [6, 6.07) is 10.1. The zero-order valence-electron chi connectivity index (χ0n) is 12.1. The number of hydrogen-bond acceptors (Lipinski definition) is 3. The molecule has 1 aliphatic heterocycles. The van der Waals surface area contributed by atoms with Crippen LogP contribution in [0.25, 0.3) is 0 Å². The predicted octanol–water partition coefficient (Wildman–Crippen LogP) is 1.76. The monoisotopic (exact) mass is 276 g/mol. The molecule has 110 valence electrons. The Morgan fingerprint density at radius 2 is 2.00 bits per heavy atom. The van der Waals surface area contributed by atoms with Crippen LogP contribution in [0.4, 0.5) is 0 Å². The van der Waals surface area contributed by atoms with E-state index in [1.807, 2.05) is 11.0 Å². The molecule has 1 unspecified atom stereocenters. The maximum Gasteiger partial charge on any atom is 0.239 e. The van der Waals surface area contributed by atoms with E-state index in [-0.39, 0.29) is 5.91 Å². The van der Waals surface area contributed by atoms with Gasteiger partial charge in [0.1, 0.15) is 0 Å². The summed E-state index contributed by atoms with van der Waals surface area (Å²) in [7, 11) is 1.63. The molecular formula is C16H24N2O2. The summed E-state index contributed by atoms with van der Waals surface area (Å²) >= 11 is 0. The van der Waals surface area contributed by atoms with Gasteiger partial charge in [-0.05, 0) is 30.7 Å².